The molecule has 160 valence electrons. The fraction of sp³-hybridized carbons (Fsp3) is 0.318. The molecule has 1 atom stereocenters. The number of halogens is 1. The van der Waals surface area contributed by atoms with Gasteiger partial charge < -0.3 is 25.2 Å². The molecule has 4 aromatic rings. The molecule has 9 heteroatoms. The molecule has 3 heterocycles. The van der Waals surface area contributed by atoms with Crippen molar-refractivity contribution in [3.63, 3.8) is 0 Å². The average molecular weight is 422 g/mol. The van der Waals surface area contributed by atoms with Crippen molar-refractivity contribution >= 4 is 27.9 Å². The maximum absolute atomic E-state index is 14.1. The van der Waals surface area contributed by atoms with Crippen molar-refractivity contribution < 1.29 is 13.9 Å². The summed E-state index contributed by atoms with van der Waals surface area (Å²) in [7, 11) is 0. The van der Waals surface area contributed by atoms with Crippen molar-refractivity contribution in [3.8, 4) is 5.75 Å². The lowest BCUT2D eigenvalue weighted by molar-refractivity contribution is -0.0108. The second kappa shape index (κ2) is 7.99. The van der Waals surface area contributed by atoms with E-state index in [9.17, 15) is 4.39 Å². The molecular weight excluding hydrogens is 399 g/mol. The van der Waals surface area contributed by atoms with E-state index < -0.39 is 0 Å². The van der Waals surface area contributed by atoms with Crippen LogP contribution in [0.25, 0.3) is 22.1 Å². The van der Waals surface area contributed by atoms with Crippen LogP contribution in [0.1, 0.15) is 36.5 Å². The second-order valence-electron chi connectivity index (χ2n) is 7.79. The van der Waals surface area contributed by atoms with Gasteiger partial charge in [-0.05, 0) is 43.5 Å². The monoisotopic (exact) mass is 422 g/mol. The third-order valence-corrected chi connectivity index (χ3v) is 5.44. The highest BCUT2D eigenvalue weighted by Crippen LogP contribution is 2.27. The van der Waals surface area contributed by atoms with Gasteiger partial charge in [0.15, 0.2) is 0 Å². The van der Waals surface area contributed by atoms with Gasteiger partial charge in [-0.25, -0.2) is 14.4 Å². The molecule has 0 radical (unpaired) electrons. The van der Waals surface area contributed by atoms with Crippen LogP contribution in [0.2, 0.25) is 0 Å². The minimum atomic E-state index is -0.386. The van der Waals surface area contributed by atoms with Gasteiger partial charge in [-0.2, -0.15) is 0 Å². The summed E-state index contributed by atoms with van der Waals surface area (Å²) < 4.78 is 25.7. The Morgan fingerprint density at radius 2 is 2.00 bits per heavy atom. The van der Waals surface area contributed by atoms with Crippen molar-refractivity contribution in [1.29, 1.82) is 5.41 Å². The highest BCUT2D eigenvalue weighted by Gasteiger charge is 2.17. The number of nitrogens with one attached hydrogen (secondary N) is 3. The van der Waals surface area contributed by atoms with E-state index in [1.54, 1.807) is 12.1 Å². The number of ether oxygens (including phenoxy) is 2. The zero-order valence-electron chi connectivity index (χ0n) is 16.9. The van der Waals surface area contributed by atoms with Gasteiger partial charge in [0, 0.05) is 18.2 Å². The third kappa shape index (κ3) is 4.09. The molecule has 5 N–H and O–H groups in total. The zero-order valence-corrected chi connectivity index (χ0v) is 16.9. The number of aromatic nitrogens is 4. The number of amidine groups is 1. The Bertz CT molecular complexity index is 1260. The first-order valence-corrected chi connectivity index (χ1v) is 10.3. The molecule has 0 spiro atoms. The first-order chi connectivity index (χ1) is 15.0. The molecule has 5 rings (SSSR count). The van der Waals surface area contributed by atoms with Gasteiger partial charge in [0.1, 0.15) is 41.2 Å². The molecule has 8 nitrogen and oxygen atoms in total. The van der Waals surface area contributed by atoms with Gasteiger partial charge in [0.25, 0.3) is 0 Å². The number of benzene rings is 2. The van der Waals surface area contributed by atoms with Crippen LogP contribution in [0, 0.1) is 11.2 Å². The normalized spacial score (nSPS) is 16.7. The molecule has 1 aliphatic heterocycles. The van der Waals surface area contributed by atoms with Gasteiger partial charge in [-0.15, -0.1) is 0 Å². The SMILES string of the molecule is N=C(N)c1ccc2nc(Cc3nc4c(OCC5CCCCO5)cc(F)cc4[nH]3)[nH]c2c1. The highest BCUT2D eigenvalue weighted by atomic mass is 19.1. The molecule has 1 saturated heterocycles. The number of fused-ring (bicyclic) bond motifs is 2. The predicted molar refractivity (Wildman–Crippen MR) is 115 cm³/mol. The first-order valence-electron chi connectivity index (χ1n) is 10.3. The van der Waals surface area contributed by atoms with E-state index in [1.807, 2.05) is 6.07 Å². The fourth-order valence-electron chi connectivity index (χ4n) is 3.89. The number of aromatic amines is 2. The first kappa shape index (κ1) is 19.5. The maximum Gasteiger partial charge on any atom is 0.150 e. The molecule has 1 aliphatic rings. The van der Waals surface area contributed by atoms with Crippen LogP contribution in [0.3, 0.4) is 0 Å². The van der Waals surface area contributed by atoms with Crippen molar-refractivity contribution in [2.24, 2.45) is 5.73 Å². The second-order valence-corrected chi connectivity index (χ2v) is 7.79. The molecule has 0 bridgehead atoms. The molecule has 1 fully saturated rings. The van der Waals surface area contributed by atoms with Crippen molar-refractivity contribution in [1.82, 2.24) is 19.9 Å². The Morgan fingerprint density at radius 3 is 2.81 bits per heavy atom. The molecule has 31 heavy (non-hydrogen) atoms. The number of imidazole rings is 2. The molecular formula is C22H23FN6O2. The van der Waals surface area contributed by atoms with Crippen molar-refractivity contribution in [2.45, 2.75) is 31.8 Å². The van der Waals surface area contributed by atoms with Gasteiger partial charge in [-0.3, -0.25) is 5.41 Å². The predicted octanol–water partition coefficient (Wildman–Crippen LogP) is 3.40. The molecule has 0 aliphatic carbocycles. The van der Waals surface area contributed by atoms with Gasteiger partial charge in [0.2, 0.25) is 0 Å². The lowest BCUT2D eigenvalue weighted by atomic mass is 10.1. The number of hydrogen-bond acceptors (Lipinski definition) is 5. The van der Waals surface area contributed by atoms with E-state index in [-0.39, 0.29) is 17.8 Å². The Kier molecular flexibility index (Phi) is 5.03. The summed E-state index contributed by atoms with van der Waals surface area (Å²) in [6.07, 6.45) is 3.57. The van der Waals surface area contributed by atoms with E-state index in [0.717, 1.165) is 36.9 Å². The standard InChI is InChI=1S/C22H23FN6O2/c23-13-8-17-21(18(9-13)31-11-14-3-1-2-6-30-14)29-20(28-17)10-19-26-15-5-4-12(22(24)25)7-16(15)27-19/h4-5,7-9,14H,1-3,6,10-11H2,(H3,24,25)(H,26,27)(H,28,29). The van der Waals surface area contributed by atoms with Crippen molar-refractivity contribution in [3.05, 3.63) is 53.4 Å². The van der Waals surface area contributed by atoms with Crippen LogP contribution in [-0.4, -0.2) is 45.1 Å². The Hall–Kier alpha value is -3.46. The lowest BCUT2D eigenvalue weighted by Gasteiger charge is -2.22. The van der Waals surface area contributed by atoms with E-state index in [1.165, 1.54) is 12.1 Å². The van der Waals surface area contributed by atoms with Crippen LogP contribution >= 0.6 is 0 Å². The maximum atomic E-state index is 14.1. The van der Waals surface area contributed by atoms with Gasteiger partial charge >= 0.3 is 0 Å². The topological polar surface area (TPSA) is 126 Å². The van der Waals surface area contributed by atoms with Crippen LogP contribution < -0.4 is 10.5 Å². The van der Waals surface area contributed by atoms with Gasteiger partial charge in [0.05, 0.1) is 29.1 Å². The molecule has 2 aromatic carbocycles. The largest absolute Gasteiger partial charge is 0.488 e. The quantitative estimate of drug-likeness (QED) is 0.280. The van der Waals surface area contributed by atoms with Crippen LogP contribution in [0.4, 0.5) is 4.39 Å². The van der Waals surface area contributed by atoms with Crippen LogP contribution in [-0.2, 0) is 11.2 Å². The lowest BCUT2D eigenvalue weighted by Crippen LogP contribution is -2.25. The average Bonchev–Trinajstić information content (AvgIpc) is 3.35. The summed E-state index contributed by atoms with van der Waals surface area (Å²) in [5.74, 6) is 1.37. The van der Waals surface area contributed by atoms with Gasteiger partial charge in [-0.1, -0.05) is 0 Å². The Labute approximate surface area is 177 Å². The minimum absolute atomic E-state index is 0.00326. The number of nitrogens with two attached hydrogens (primary N) is 1. The summed E-state index contributed by atoms with van der Waals surface area (Å²) in [6, 6.07) is 8.15. The van der Waals surface area contributed by atoms with Crippen LogP contribution in [0.5, 0.6) is 5.75 Å². The molecule has 1 unspecified atom stereocenters. The number of rotatable bonds is 6. The summed E-state index contributed by atoms with van der Waals surface area (Å²) in [5.41, 5.74) is 8.92. The molecule has 0 saturated carbocycles. The van der Waals surface area contributed by atoms with Crippen LogP contribution in [0.15, 0.2) is 30.3 Å². The zero-order chi connectivity index (χ0) is 21.4. The number of hydrogen-bond donors (Lipinski definition) is 4. The summed E-state index contributed by atoms with van der Waals surface area (Å²) in [5, 5.41) is 7.57. The molecule has 2 aromatic heterocycles. The fourth-order valence-corrected chi connectivity index (χ4v) is 3.89. The number of nitrogens with zero attached hydrogens (tertiary/aromatic N) is 2. The van der Waals surface area contributed by atoms with Crippen molar-refractivity contribution in [2.75, 3.05) is 13.2 Å². The third-order valence-electron chi connectivity index (χ3n) is 5.44. The molecule has 0 amide bonds. The Morgan fingerprint density at radius 1 is 1.16 bits per heavy atom. The van der Waals surface area contributed by atoms with E-state index in [4.69, 9.17) is 20.6 Å². The smallest absolute Gasteiger partial charge is 0.150 e. The summed E-state index contributed by atoms with van der Waals surface area (Å²) in [4.78, 5) is 15.6. The summed E-state index contributed by atoms with van der Waals surface area (Å²) >= 11 is 0. The van der Waals surface area contributed by atoms with E-state index >= 15 is 0 Å². The van der Waals surface area contributed by atoms with E-state index in [0.29, 0.717) is 47.0 Å². The minimum Gasteiger partial charge on any atom is -0.488 e. The highest BCUT2D eigenvalue weighted by molar-refractivity contribution is 5.97. The number of H-pyrrole nitrogens is 2. The van der Waals surface area contributed by atoms with E-state index in [2.05, 4.69) is 19.9 Å². The number of nitrogen functional groups attached to an aromatic ring is 1. The Balaban J connectivity index is 1.39. The summed E-state index contributed by atoms with van der Waals surface area (Å²) in [6.45, 7) is 1.12.